The van der Waals surface area contributed by atoms with Crippen LogP contribution in [0.1, 0.15) is 28.1 Å². The standard InChI is InChI=1S/C21H23N3O4S/c1-28-15-6-4-13(5-7-15)11-16-21(27)24-9-8-14(12-17(24)19(25)23-16)22-20(26)18-3-2-10-29-18/h2-7,10,14,16-17H,8-9,11-12H2,1H3,(H,22,26)(H,23,25)/t14-,16-,17-/m0/s1. The number of nitrogens with one attached hydrogen (secondary N) is 2. The van der Waals surface area contributed by atoms with E-state index in [0.717, 1.165) is 11.3 Å². The highest BCUT2D eigenvalue weighted by Gasteiger charge is 2.44. The molecular weight excluding hydrogens is 390 g/mol. The predicted molar refractivity (Wildman–Crippen MR) is 109 cm³/mol. The van der Waals surface area contributed by atoms with Gasteiger partial charge in [0.1, 0.15) is 17.8 Å². The van der Waals surface area contributed by atoms with Crippen LogP contribution in [0.25, 0.3) is 0 Å². The Balaban J connectivity index is 1.38. The molecule has 3 atom stereocenters. The van der Waals surface area contributed by atoms with Crippen molar-refractivity contribution >= 4 is 29.1 Å². The Morgan fingerprint density at radius 3 is 2.76 bits per heavy atom. The molecule has 0 aliphatic carbocycles. The Morgan fingerprint density at radius 1 is 1.28 bits per heavy atom. The zero-order valence-corrected chi connectivity index (χ0v) is 16.9. The Bertz CT molecular complexity index is 897. The number of carbonyl (C=O) groups is 3. The fraction of sp³-hybridized carbons (Fsp3) is 0.381. The van der Waals surface area contributed by atoms with Crippen LogP contribution in [0.2, 0.25) is 0 Å². The second-order valence-corrected chi connectivity index (χ2v) is 8.28. The van der Waals surface area contributed by atoms with Gasteiger partial charge in [0, 0.05) is 19.0 Å². The van der Waals surface area contributed by atoms with Gasteiger partial charge in [-0.3, -0.25) is 14.4 Å². The van der Waals surface area contributed by atoms with Crippen molar-refractivity contribution in [1.82, 2.24) is 15.5 Å². The summed E-state index contributed by atoms with van der Waals surface area (Å²) in [6, 6.07) is 9.87. The lowest BCUT2D eigenvalue weighted by molar-refractivity contribution is -0.151. The molecule has 3 amide bonds. The molecule has 0 bridgehead atoms. The zero-order valence-electron chi connectivity index (χ0n) is 16.1. The Hall–Kier alpha value is -2.87. The van der Waals surface area contributed by atoms with Crippen molar-refractivity contribution in [1.29, 1.82) is 0 Å². The van der Waals surface area contributed by atoms with E-state index in [1.165, 1.54) is 11.3 Å². The number of piperazine rings is 1. The van der Waals surface area contributed by atoms with Crippen molar-refractivity contribution in [3.05, 3.63) is 52.2 Å². The SMILES string of the molecule is COc1ccc(C[C@@H]2NC(=O)[C@@H]3C[C@@H](NC(=O)c4cccs4)CCN3C2=O)cc1. The maximum atomic E-state index is 12.9. The van der Waals surface area contributed by atoms with Crippen LogP contribution in [0.15, 0.2) is 41.8 Å². The number of benzene rings is 1. The number of ether oxygens (including phenoxy) is 1. The van der Waals surface area contributed by atoms with Crippen LogP contribution < -0.4 is 15.4 Å². The number of fused-ring (bicyclic) bond motifs is 1. The number of methoxy groups -OCH3 is 1. The van der Waals surface area contributed by atoms with E-state index >= 15 is 0 Å². The molecule has 29 heavy (non-hydrogen) atoms. The van der Waals surface area contributed by atoms with Crippen LogP contribution in [0.3, 0.4) is 0 Å². The average Bonchev–Trinajstić information content (AvgIpc) is 3.27. The molecule has 1 aromatic heterocycles. The number of hydrogen-bond acceptors (Lipinski definition) is 5. The van der Waals surface area contributed by atoms with Crippen LogP contribution in [0.5, 0.6) is 5.75 Å². The topological polar surface area (TPSA) is 87.7 Å². The number of thiophene rings is 1. The van der Waals surface area contributed by atoms with Gasteiger partial charge in [-0.25, -0.2) is 0 Å². The quantitative estimate of drug-likeness (QED) is 0.779. The molecule has 152 valence electrons. The molecule has 2 N–H and O–H groups in total. The second kappa shape index (κ2) is 8.24. The van der Waals surface area contributed by atoms with Crippen LogP contribution in [-0.4, -0.2) is 54.4 Å². The van der Waals surface area contributed by atoms with Crippen molar-refractivity contribution in [3.63, 3.8) is 0 Å². The van der Waals surface area contributed by atoms with Gasteiger partial charge in [0.25, 0.3) is 5.91 Å². The summed E-state index contributed by atoms with van der Waals surface area (Å²) in [4.78, 5) is 40.3. The Labute approximate surface area is 173 Å². The number of piperidine rings is 1. The molecule has 7 nitrogen and oxygen atoms in total. The Kier molecular flexibility index (Phi) is 5.53. The summed E-state index contributed by atoms with van der Waals surface area (Å²) in [5, 5.41) is 7.72. The first-order chi connectivity index (χ1) is 14.0. The highest BCUT2D eigenvalue weighted by Crippen LogP contribution is 2.24. The van der Waals surface area contributed by atoms with Gasteiger partial charge in [0.05, 0.1) is 12.0 Å². The molecule has 2 aliphatic rings. The van der Waals surface area contributed by atoms with Crippen LogP contribution in [0, 0.1) is 0 Å². The van der Waals surface area contributed by atoms with Crippen LogP contribution >= 0.6 is 11.3 Å². The fourth-order valence-electron chi connectivity index (χ4n) is 3.94. The summed E-state index contributed by atoms with van der Waals surface area (Å²) >= 11 is 1.38. The van der Waals surface area contributed by atoms with Crippen molar-refractivity contribution in [2.24, 2.45) is 0 Å². The van der Waals surface area contributed by atoms with Gasteiger partial charge in [0.15, 0.2) is 0 Å². The van der Waals surface area contributed by atoms with Gasteiger partial charge in [-0.15, -0.1) is 11.3 Å². The van der Waals surface area contributed by atoms with Crippen molar-refractivity contribution in [2.75, 3.05) is 13.7 Å². The molecule has 0 spiro atoms. The summed E-state index contributed by atoms with van der Waals surface area (Å²) in [6.07, 6.45) is 1.52. The highest BCUT2D eigenvalue weighted by atomic mass is 32.1. The zero-order chi connectivity index (χ0) is 20.4. The first-order valence-corrected chi connectivity index (χ1v) is 10.5. The molecule has 3 heterocycles. The highest BCUT2D eigenvalue weighted by molar-refractivity contribution is 7.12. The van der Waals surface area contributed by atoms with Crippen molar-refractivity contribution < 1.29 is 19.1 Å². The largest absolute Gasteiger partial charge is 0.497 e. The van der Waals surface area contributed by atoms with E-state index in [9.17, 15) is 14.4 Å². The van der Waals surface area contributed by atoms with E-state index in [1.807, 2.05) is 35.7 Å². The van der Waals surface area contributed by atoms with Crippen molar-refractivity contribution in [2.45, 2.75) is 37.4 Å². The van der Waals surface area contributed by atoms with Gasteiger partial charge in [-0.2, -0.15) is 0 Å². The summed E-state index contributed by atoms with van der Waals surface area (Å²) in [5.41, 5.74) is 0.959. The fourth-order valence-corrected chi connectivity index (χ4v) is 4.57. The molecule has 8 heteroatoms. The van der Waals surface area contributed by atoms with E-state index in [2.05, 4.69) is 10.6 Å². The van der Waals surface area contributed by atoms with E-state index < -0.39 is 12.1 Å². The van der Waals surface area contributed by atoms with Gasteiger partial charge < -0.3 is 20.3 Å². The summed E-state index contributed by atoms with van der Waals surface area (Å²) < 4.78 is 5.15. The minimum absolute atomic E-state index is 0.0616. The van der Waals surface area contributed by atoms with Gasteiger partial charge in [0.2, 0.25) is 11.8 Å². The molecule has 4 rings (SSSR count). The molecule has 1 aromatic carbocycles. The lowest BCUT2D eigenvalue weighted by atomic mass is 9.91. The molecule has 0 radical (unpaired) electrons. The summed E-state index contributed by atoms with van der Waals surface area (Å²) in [7, 11) is 1.60. The molecular formula is C21H23N3O4S. The summed E-state index contributed by atoms with van der Waals surface area (Å²) in [5.74, 6) is 0.407. The number of nitrogens with zero attached hydrogens (tertiary/aromatic N) is 1. The minimum atomic E-state index is -0.565. The predicted octanol–water partition coefficient (Wildman–Crippen LogP) is 1.59. The molecule has 2 fully saturated rings. The first kappa shape index (κ1) is 19.4. The molecule has 0 unspecified atom stereocenters. The van der Waals surface area contributed by atoms with Gasteiger partial charge in [-0.05, 0) is 42.0 Å². The first-order valence-electron chi connectivity index (χ1n) is 9.63. The van der Waals surface area contributed by atoms with E-state index in [-0.39, 0.29) is 23.8 Å². The normalized spacial score (nSPS) is 23.9. The lowest BCUT2D eigenvalue weighted by Crippen LogP contribution is -2.67. The third-order valence-corrected chi connectivity index (χ3v) is 6.35. The average molecular weight is 413 g/mol. The third-order valence-electron chi connectivity index (χ3n) is 5.48. The van der Waals surface area contributed by atoms with E-state index in [0.29, 0.717) is 30.7 Å². The van der Waals surface area contributed by atoms with Crippen LogP contribution in [0.4, 0.5) is 0 Å². The summed E-state index contributed by atoms with van der Waals surface area (Å²) in [6.45, 7) is 0.464. The van der Waals surface area contributed by atoms with Crippen molar-refractivity contribution in [3.8, 4) is 5.75 Å². The van der Waals surface area contributed by atoms with Gasteiger partial charge in [-0.1, -0.05) is 18.2 Å². The van der Waals surface area contributed by atoms with E-state index in [4.69, 9.17) is 4.74 Å². The second-order valence-electron chi connectivity index (χ2n) is 7.33. The smallest absolute Gasteiger partial charge is 0.261 e. The lowest BCUT2D eigenvalue weighted by Gasteiger charge is -2.44. The molecule has 0 saturated carbocycles. The number of carbonyl (C=O) groups excluding carboxylic acids is 3. The molecule has 2 aliphatic heterocycles. The molecule has 2 aromatic rings. The third kappa shape index (κ3) is 4.12. The number of hydrogen-bond donors (Lipinski definition) is 2. The molecule has 2 saturated heterocycles. The number of rotatable bonds is 5. The minimum Gasteiger partial charge on any atom is -0.497 e. The number of amides is 3. The van der Waals surface area contributed by atoms with Crippen LogP contribution in [-0.2, 0) is 16.0 Å². The maximum Gasteiger partial charge on any atom is 0.261 e. The monoisotopic (exact) mass is 413 g/mol. The Morgan fingerprint density at radius 2 is 2.07 bits per heavy atom. The van der Waals surface area contributed by atoms with Gasteiger partial charge >= 0.3 is 0 Å². The van der Waals surface area contributed by atoms with E-state index in [1.54, 1.807) is 18.1 Å². The maximum absolute atomic E-state index is 12.9.